The zero-order valence-corrected chi connectivity index (χ0v) is 14.7. The summed E-state index contributed by atoms with van der Waals surface area (Å²) in [6, 6.07) is -0.542. The lowest BCUT2D eigenvalue weighted by Gasteiger charge is -2.52. The average Bonchev–Trinajstić information content (AvgIpc) is 2.97. The molecule has 2 aliphatic heterocycles. The number of hydrogen-bond acceptors (Lipinski definition) is 8. The van der Waals surface area contributed by atoms with E-state index in [2.05, 4.69) is 4.98 Å². The number of aromatic nitrogens is 1. The third kappa shape index (κ3) is 2.88. The Kier molecular flexibility index (Phi) is 4.43. The quantitative estimate of drug-likeness (QED) is 0.739. The lowest BCUT2D eigenvalue weighted by Crippen LogP contribution is -2.72. The van der Waals surface area contributed by atoms with Crippen LogP contribution in [0.15, 0.2) is 6.20 Å². The van der Waals surface area contributed by atoms with E-state index in [1.54, 1.807) is 6.20 Å². The molecule has 3 heterocycles. The third-order valence-corrected chi connectivity index (χ3v) is 7.72. The zero-order valence-electron chi connectivity index (χ0n) is 12.2. The molecule has 1 aromatic rings. The van der Waals surface area contributed by atoms with E-state index >= 15 is 0 Å². The molecule has 0 bridgehead atoms. The highest BCUT2D eigenvalue weighted by Crippen LogP contribution is 2.43. The van der Waals surface area contributed by atoms with E-state index in [0.29, 0.717) is 10.8 Å². The number of carbonyl (C=O) groups is 3. The molecule has 0 radical (unpaired) electrons. The molecule has 2 aliphatic rings. The summed E-state index contributed by atoms with van der Waals surface area (Å²) in [5, 5.41) is 9.63. The van der Waals surface area contributed by atoms with Crippen molar-refractivity contribution in [1.29, 1.82) is 0 Å². The summed E-state index contributed by atoms with van der Waals surface area (Å²) in [5.74, 6) is -0.771. The first-order chi connectivity index (χ1) is 10.8. The average molecular weight is 373 g/mol. The number of fused-ring (bicyclic) bond motifs is 1. The van der Waals surface area contributed by atoms with Gasteiger partial charge in [-0.25, -0.2) is 4.98 Å². The zero-order chi connectivity index (χ0) is 16.8. The van der Waals surface area contributed by atoms with E-state index in [1.165, 1.54) is 28.0 Å². The number of thioether (sulfide) groups is 2. The van der Waals surface area contributed by atoms with Crippen molar-refractivity contribution in [3.05, 3.63) is 16.1 Å². The Balaban J connectivity index is 1.69. The number of aliphatic carboxylic acids is 1. The van der Waals surface area contributed by atoms with E-state index in [9.17, 15) is 19.5 Å². The van der Waals surface area contributed by atoms with E-state index in [4.69, 9.17) is 5.73 Å². The molecule has 0 aromatic carbocycles. The van der Waals surface area contributed by atoms with E-state index in [-0.39, 0.29) is 28.7 Å². The van der Waals surface area contributed by atoms with E-state index in [0.717, 1.165) is 16.6 Å². The van der Waals surface area contributed by atoms with E-state index < -0.39 is 17.4 Å². The normalized spacial score (nSPS) is 29.8. The highest BCUT2D eigenvalue weighted by atomic mass is 32.2. The number of nitrogens with two attached hydrogens (primary N) is 1. The highest BCUT2D eigenvalue weighted by molar-refractivity contribution is 8.14. The number of hydrogen-bond donors (Lipinski definition) is 2. The highest BCUT2D eigenvalue weighted by Gasteiger charge is 2.55. The van der Waals surface area contributed by atoms with Crippen molar-refractivity contribution in [3.63, 3.8) is 0 Å². The molecular weight excluding hydrogens is 358 g/mol. The van der Waals surface area contributed by atoms with Gasteiger partial charge in [-0.15, -0.1) is 23.1 Å². The minimum atomic E-state index is -1.14. The molecule has 3 rings (SSSR count). The number of amides is 1. The number of carbonyl (C=O) groups excluding carboxylic acids is 2. The Morgan fingerprint density at radius 1 is 1.61 bits per heavy atom. The lowest BCUT2D eigenvalue weighted by molar-refractivity contribution is -0.155. The number of carboxylic acid groups (broad SMARTS) is 1. The molecule has 2 fully saturated rings. The first-order valence-electron chi connectivity index (χ1n) is 6.85. The van der Waals surface area contributed by atoms with Gasteiger partial charge in [-0.2, -0.15) is 0 Å². The Morgan fingerprint density at radius 2 is 2.35 bits per heavy atom. The first-order valence-corrected chi connectivity index (χ1v) is 9.70. The Labute approximate surface area is 145 Å². The van der Waals surface area contributed by atoms with Gasteiger partial charge < -0.3 is 15.7 Å². The molecule has 0 saturated carbocycles. The van der Waals surface area contributed by atoms with Crippen molar-refractivity contribution in [1.82, 2.24) is 9.88 Å². The Bertz CT molecular complexity index is 679. The molecule has 0 aliphatic carbocycles. The van der Waals surface area contributed by atoms with Gasteiger partial charge in [-0.3, -0.25) is 14.4 Å². The van der Waals surface area contributed by atoms with Gasteiger partial charge >= 0.3 is 5.97 Å². The largest absolute Gasteiger partial charge is 0.481 e. The Hall–Kier alpha value is -1.10. The van der Waals surface area contributed by atoms with Gasteiger partial charge in [0.05, 0.1) is 0 Å². The fraction of sp³-hybridized carbons (Fsp3) is 0.538. The standard InChI is InChI=1S/C13H15N3O4S3/c1-6-2-15-8(23-6)11(18)22-5-13(12(19)20)3-16-9(17)7(14)10(16)21-4-13/h2,7,10H,3-5,14H2,1H3,(H,19,20)/t7?,10-,13?/m1/s1. The lowest BCUT2D eigenvalue weighted by atomic mass is 9.89. The van der Waals surface area contributed by atoms with Gasteiger partial charge in [0.25, 0.3) is 0 Å². The van der Waals surface area contributed by atoms with Crippen LogP contribution in [0.4, 0.5) is 0 Å². The summed E-state index contributed by atoms with van der Waals surface area (Å²) in [7, 11) is 0. The molecule has 2 saturated heterocycles. The van der Waals surface area contributed by atoms with Crippen LogP contribution >= 0.6 is 34.9 Å². The smallest absolute Gasteiger partial charge is 0.313 e. The van der Waals surface area contributed by atoms with E-state index in [1.807, 2.05) is 6.92 Å². The second kappa shape index (κ2) is 6.08. The molecule has 1 aromatic heterocycles. The molecule has 0 spiro atoms. The minimum Gasteiger partial charge on any atom is -0.481 e. The van der Waals surface area contributed by atoms with Crippen LogP contribution in [0.3, 0.4) is 0 Å². The number of carboxylic acids is 1. The van der Waals surface area contributed by atoms with Crippen LogP contribution in [0.1, 0.15) is 14.7 Å². The molecule has 3 N–H and O–H groups in total. The molecule has 10 heteroatoms. The summed E-state index contributed by atoms with van der Waals surface area (Å²) < 4.78 is 0. The number of aryl methyl sites for hydroxylation is 1. The van der Waals surface area contributed by atoms with Gasteiger partial charge in [0, 0.05) is 29.1 Å². The summed E-state index contributed by atoms with van der Waals surface area (Å²) in [6.07, 6.45) is 1.62. The summed E-state index contributed by atoms with van der Waals surface area (Å²) in [6.45, 7) is 1.96. The van der Waals surface area contributed by atoms with Gasteiger partial charge in [-0.1, -0.05) is 11.8 Å². The van der Waals surface area contributed by atoms with Crippen molar-refractivity contribution in [2.45, 2.75) is 18.3 Å². The molecule has 1 amide bonds. The predicted octanol–water partition coefficient (Wildman–Crippen LogP) is 0.638. The van der Waals surface area contributed by atoms with Crippen LogP contribution in [0, 0.1) is 12.3 Å². The molecule has 3 atom stereocenters. The maximum absolute atomic E-state index is 12.2. The minimum absolute atomic E-state index is 0.101. The topological polar surface area (TPSA) is 114 Å². The molecular formula is C13H15N3O4S3. The number of β-lactam (4-membered cyclic amide) rings is 1. The van der Waals surface area contributed by atoms with Crippen LogP contribution in [-0.4, -0.2) is 61.4 Å². The fourth-order valence-corrected chi connectivity index (χ4v) is 5.94. The van der Waals surface area contributed by atoms with Gasteiger partial charge in [0.15, 0.2) is 5.01 Å². The predicted molar refractivity (Wildman–Crippen MR) is 89.6 cm³/mol. The van der Waals surface area contributed by atoms with Gasteiger partial charge in [0.2, 0.25) is 11.0 Å². The molecule has 7 nitrogen and oxygen atoms in total. The van der Waals surface area contributed by atoms with Crippen LogP contribution < -0.4 is 5.73 Å². The van der Waals surface area contributed by atoms with Crippen LogP contribution in [-0.2, 0) is 9.59 Å². The van der Waals surface area contributed by atoms with Crippen molar-refractivity contribution in [3.8, 4) is 0 Å². The maximum Gasteiger partial charge on any atom is 0.313 e. The van der Waals surface area contributed by atoms with Crippen molar-refractivity contribution in [2.75, 3.05) is 18.1 Å². The molecule has 23 heavy (non-hydrogen) atoms. The number of thiazole rings is 1. The summed E-state index contributed by atoms with van der Waals surface area (Å²) in [5.41, 5.74) is 4.58. The maximum atomic E-state index is 12.2. The monoisotopic (exact) mass is 373 g/mol. The third-order valence-electron chi connectivity index (χ3n) is 3.92. The first kappa shape index (κ1) is 16.7. The number of rotatable bonds is 4. The number of nitrogens with zero attached hydrogens (tertiary/aromatic N) is 2. The van der Waals surface area contributed by atoms with Crippen LogP contribution in [0.25, 0.3) is 0 Å². The van der Waals surface area contributed by atoms with Crippen LogP contribution in [0.2, 0.25) is 0 Å². The summed E-state index contributed by atoms with van der Waals surface area (Å²) >= 11 is 3.61. The molecule has 2 unspecified atom stereocenters. The SMILES string of the molecule is Cc1cnc(C(=O)SCC2(C(=O)O)CS[C@@H]3C(N)C(=O)N3C2)s1. The van der Waals surface area contributed by atoms with Gasteiger partial charge in [-0.05, 0) is 6.92 Å². The Morgan fingerprint density at radius 3 is 2.96 bits per heavy atom. The molecule has 124 valence electrons. The fourth-order valence-electron chi connectivity index (χ4n) is 2.52. The van der Waals surface area contributed by atoms with Crippen molar-refractivity contribution < 1.29 is 19.5 Å². The van der Waals surface area contributed by atoms with Crippen molar-refractivity contribution in [2.24, 2.45) is 11.1 Å². The second-order valence-corrected chi connectivity index (χ2v) is 8.92. The summed E-state index contributed by atoms with van der Waals surface area (Å²) in [4.78, 5) is 42.2. The van der Waals surface area contributed by atoms with Crippen molar-refractivity contribution >= 4 is 51.9 Å². The van der Waals surface area contributed by atoms with Gasteiger partial charge in [0.1, 0.15) is 16.8 Å². The van der Waals surface area contributed by atoms with Crippen LogP contribution in [0.5, 0.6) is 0 Å². The second-order valence-electron chi connectivity index (χ2n) is 5.63.